The molecule has 94 valence electrons. The summed E-state index contributed by atoms with van der Waals surface area (Å²) in [7, 11) is 0. The van der Waals surface area contributed by atoms with E-state index in [1.54, 1.807) is 0 Å². The molecule has 0 radical (unpaired) electrons. The summed E-state index contributed by atoms with van der Waals surface area (Å²) < 4.78 is 0. The second-order valence-corrected chi connectivity index (χ2v) is 5.97. The Morgan fingerprint density at radius 1 is 1.25 bits per heavy atom. The van der Waals surface area contributed by atoms with Gasteiger partial charge in [0.15, 0.2) is 0 Å². The molecule has 2 atom stereocenters. The zero-order valence-electron chi connectivity index (χ0n) is 11.3. The third kappa shape index (κ3) is 2.43. The molecule has 2 rings (SSSR count). The zero-order chi connectivity index (χ0) is 11.6. The van der Waals surface area contributed by atoms with Crippen LogP contribution < -0.4 is 5.32 Å². The Hall–Kier alpha value is -0.0800. The summed E-state index contributed by atoms with van der Waals surface area (Å²) in [6, 6.07) is 1.55. The third-order valence-electron chi connectivity index (χ3n) is 5.12. The number of hydrogen-bond donors (Lipinski definition) is 1. The Kier molecular flexibility index (Phi) is 3.91. The summed E-state index contributed by atoms with van der Waals surface area (Å²) in [5.41, 5.74) is 0.642. The van der Waals surface area contributed by atoms with E-state index in [2.05, 4.69) is 31.0 Å². The van der Waals surface area contributed by atoms with E-state index < -0.39 is 0 Å². The minimum atomic E-state index is 0.642. The molecule has 1 N–H and O–H groups in total. The zero-order valence-corrected chi connectivity index (χ0v) is 11.3. The molecule has 2 fully saturated rings. The van der Waals surface area contributed by atoms with E-state index in [0.29, 0.717) is 5.41 Å². The highest BCUT2D eigenvalue weighted by molar-refractivity contribution is 4.93. The van der Waals surface area contributed by atoms with Gasteiger partial charge in [-0.1, -0.05) is 13.8 Å². The first-order chi connectivity index (χ1) is 7.69. The monoisotopic (exact) mass is 224 g/mol. The molecule has 0 bridgehead atoms. The largest absolute Gasteiger partial charge is 0.313 e. The van der Waals surface area contributed by atoms with E-state index in [9.17, 15) is 0 Å². The Morgan fingerprint density at radius 2 is 2.00 bits per heavy atom. The maximum absolute atomic E-state index is 3.63. The number of rotatable bonds is 3. The average Bonchev–Trinajstić information content (AvgIpc) is 2.75. The number of nitrogens with one attached hydrogen (secondary N) is 1. The fourth-order valence-corrected chi connectivity index (χ4v) is 3.40. The molecular formula is C14H28N2. The quantitative estimate of drug-likeness (QED) is 0.793. The molecule has 0 amide bonds. The van der Waals surface area contributed by atoms with Gasteiger partial charge in [0.25, 0.3) is 0 Å². The van der Waals surface area contributed by atoms with Crippen molar-refractivity contribution < 1.29 is 0 Å². The van der Waals surface area contributed by atoms with Crippen LogP contribution in [0.15, 0.2) is 0 Å². The molecular weight excluding hydrogens is 196 g/mol. The first-order valence-electron chi connectivity index (χ1n) is 7.16. The van der Waals surface area contributed by atoms with Crippen LogP contribution in [0.3, 0.4) is 0 Å². The Balaban J connectivity index is 1.88. The molecule has 0 aromatic carbocycles. The van der Waals surface area contributed by atoms with Gasteiger partial charge in [0, 0.05) is 25.2 Å². The average molecular weight is 224 g/mol. The SMILES string of the molecule is CCC1(CC)CCN(C2CCC(C)NC2)C1. The van der Waals surface area contributed by atoms with Crippen molar-refractivity contribution in [2.75, 3.05) is 19.6 Å². The van der Waals surface area contributed by atoms with Crippen molar-refractivity contribution in [3.8, 4) is 0 Å². The third-order valence-corrected chi connectivity index (χ3v) is 5.12. The molecule has 2 unspecified atom stereocenters. The van der Waals surface area contributed by atoms with Crippen LogP contribution in [0.2, 0.25) is 0 Å². The molecule has 0 saturated carbocycles. The predicted molar refractivity (Wildman–Crippen MR) is 69.7 cm³/mol. The highest BCUT2D eigenvalue weighted by atomic mass is 15.2. The van der Waals surface area contributed by atoms with Crippen LogP contribution in [0.4, 0.5) is 0 Å². The van der Waals surface area contributed by atoms with Crippen molar-refractivity contribution in [2.45, 2.75) is 65.0 Å². The van der Waals surface area contributed by atoms with Crippen molar-refractivity contribution in [2.24, 2.45) is 5.41 Å². The smallest absolute Gasteiger partial charge is 0.0221 e. The number of nitrogens with zero attached hydrogens (tertiary/aromatic N) is 1. The number of hydrogen-bond acceptors (Lipinski definition) is 2. The first-order valence-corrected chi connectivity index (χ1v) is 7.16. The summed E-state index contributed by atoms with van der Waals surface area (Å²) in [6.45, 7) is 10.9. The van der Waals surface area contributed by atoms with Crippen LogP contribution in [-0.2, 0) is 0 Å². The van der Waals surface area contributed by atoms with E-state index >= 15 is 0 Å². The lowest BCUT2D eigenvalue weighted by Crippen LogP contribution is -2.48. The minimum Gasteiger partial charge on any atom is -0.313 e. The van der Waals surface area contributed by atoms with Gasteiger partial charge in [-0.25, -0.2) is 0 Å². The van der Waals surface area contributed by atoms with Crippen LogP contribution in [0.1, 0.15) is 52.9 Å². The molecule has 2 saturated heterocycles. The number of piperidine rings is 1. The molecule has 2 aliphatic heterocycles. The van der Waals surface area contributed by atoms with E-state index in [1.165, 1.54) is 51.7 Å². The van der Waals surface area contributed by atoms with Gasteiger partial charge in [-0.3, -0.25) is 4.90 Å². The highest BCUT2D eigenvalue weighted by Gasteiger charge is 2.38. The standard InChI is InChI=1S/C14H28N2/c1-4-14(5-2)8-9-16(11-14)13-7-6-12(3)15-10-13/h12-13,15H,4-11H2,1-3H3. The number of likely N-dealkylation sites (tertiary alicyclic amines) is 1. The van der Waals surface area contributed by atoms with Crippen molar-refractivity contribution >= 4 is 0 Å². The molecule has 2 nitrogen and oxygen atoms in total. The van der Waals surface area contributed by atoms with E-state index in [1.807, 2.05) is 0 Å². The van der Waals surface area contributed by atoms with E-state index in [4.69, 9.17) is 0 Å². The van der Waals surface area contributed by atoms with Crippen molar-refractivity contribution in [1.29, 1.82) is 0 Å². The molecule has 0 aliphatic carbocycles. The normalized spacial score (nSPS) is 35.4. The van der Waals surface area contributed by atoms with E-state index in [-0.39, 0.29) is 0 Å². The summed E-state index contributed by atoms with van der Waals surface area (Å²) in [6.07, 6.45) is 6.89. The van der Waals surface area contributed by atoms with Crippen LogP contribution in [0, 0.1) is 5.41 Å². The van der Waals surface area contributed by atoms with Gasteiger partial charge in [-0.15, -0.1) is 0 Å². The van der Waals surface area contributed by atoms with Gasteiger partial charge in [-0.05, 0) is 51.0 Å². The van der Waals surface area contributed by atoms with Gasteiger partial charge in [0.2, 0.25) is 0 Å². The van der Waals surface area contributed by atoms with Gasteiger partial charge >= 0.3 is 0 Å². The minimum absolute atomic E-state index is 0.642. The fourth-order valence-electron chi connectivity index (χ4n) is 3.40. The van der Waals surface area contributed by atoms with Crippen molar-refractivity contribution in [1.82, 2.24) is 10.2 Å². The summed E-state index contributed by atoms with van der Waals surface area (Å²) >= 11 is 0. The summed E-state index contributed by atoms with van der Waals surface area (Å²) in [4.78, 5) is 2.76. The molecule has 0 spiro atoms. The Bertz CT molecular complexity index is 215. The van der Waals surface area contributed by atoms with Gasteiger partial charge in [0.05, 0.1) is 0 Å². The predicted octanol–water partition coefficient (Wildman–Crippen LogP) is 2.64. The molecule has 2 heterocycles. The lowest BCUT2D eigenvalue weighted by molar-refractivity contribution is 0.158. The Morgan fingerprint density at radius 3 is 2.50 bits per heavy atom. The second-order valence-electron chi connectivity index (χ2n) is 5.97. The molecule has 2 aliphatic rings. The molecule has 0 aromatic heterocycles. The van der Waals surface area contributed by atoms with E-state index in [0.717, 1.165) is 12.1 Å². The second kappa shape index (κ2) is 5.05. The van der Waals surface area contributed by atoms with Crippen LogP contribution >= 0.6 is 0 Å². The van der Waals surface area contributed by atoms with Crippen LogP contribution in [0.25, 0.3) is 0 Å². The Labute approximate surface area is 101 Å². The highest BCUT2D eigenvalue weighted by Crippen LogP contribution is 2.38. The van der Waals surface area contributed by atoms with Crippen LogP contribution in [-0.4, -0.2) is 36.6 Å². The molecule has 16 heavy (non-hydrogen) atoms. The van der Waals surface area contributed by atoms with Gasteiger partial charge in [0.1, 0.15) is 0 Å². The van der Waals surface area contributed by atoms with Gasteiger partial charge in [-0.2, -0.15) is 0 Å². The maximum Gasteiger partial charge on any atom is 0.0221 e. The molecule has 0 aromatic rings. The topological polar surface area (TPSA) is 15.3 Å². The fraction of sp³-hybridized carbons (Fsp3) is 1.00. The molecule has 2 heteroatoms. The van der Waals surface area contributed by atoms with Crippen molar-refractivity contribution in [3.05, 3.63) is 0 Å². The summed E-state index contributed by atoms with van der Waals surface area (Å²) in [5.74, 6) is 0. The van der Waals surface area contributed by atoms with Crippen LogP contribution in [0.5, 0.6) is 0 Å². The maximum atomic E-state index is 3.63. The summed E-state index contributed by atoms with van der Waals surface area (Å²) in [5, 5.41) is 3.63. The van der Waals surface area contributed by atoms with Crippen molar-refractivity contribution in [3.63, 3.8) is 0 Å². The van der Waals surface area contributed by atoms with Gasteiger partial charge < -0.3 is 5.32 Å². The first kappa shape index (κ1) is 12.4. The lowest BCUT2D eigenvalue weighted by Gasteiger charge is -2.35. The lowest BCUT2D eigenvalue weighted by atomic mass is 9.82.